The molecular formula is C21H15F3N2O3S. The van der Waals surface area contributed by atoms with Crippen molar-refractivity contribution in [3.05, 3.63) is 87.6 Å². The van der Waals surface area contributed by atoms with E-state index in [1.807, 2.05) is 0 Å². The maximum atomic E-state index is 12.7. The Morgan fingerprint density at radius 1 is 0.867 bits per heavy atom. The lowest BCUT2D eigenvalue weighted by Crippen LogP contribution is -2.34. The summed E-state index contributed by atoms with van der Waals surface area (Å²) < 4.78 is 38.2. The molecule has 154 valence electrons. The van der Waals surface area contributed by atoms with Crippen molar-refractivity contribution in [2.75, 3.05) is 5.32 Å². The van der Waals surface area contributed by atoms with E-state index in [2.05, 4.69) is 10.6 Å². The molecular weight excluding hydrogens is 417 g/mol. The topological polar surface area (TPSA) is 75.3 Å². The van der Waals surface area contributed by atoms with Crippen LogP contribution in [0.25, 0.3) is 0 Å². The van der Waals surface area contributed by atoms with Gasteiger partial charge in [-0.25, -0.2) is 0 Å². The van der Waals surface area contributed by atoms with Crippen LogP contribution in [0.15, 0.2) is 66.7 Å². The van der Waals surface area contributed by atoms with E-state index in [1.165, 1.54) is 17.4 Å². The van der Waals surface area contributed by atoms with Gasteiger partial charge in [-0.3, -0.25) is 14.4 Å². The molecule has 3 rings (SSSR count). The van der Waals surface area contributed by atoms with Gasteiger partial charge in [-0.15, -0.1) is 11.3 Å². The Labute approximate surface area is 173 Å². The van der Waals surface area contributed by atoms with E-state index in [4.69, 9.17) is 0 Å². The summed E-state index contributed by atoms with van der Waals surface area (Å²) in [6.45, 7) is 0.00157. The monoisotopic (exact) mass is 432 g/mol. The maximum Gasteiger partial charge on any atom is 0.416 e. The molecule has 0 bridgehead atoms. The van der Waals surface area contributed by atoms with Gasteiger partial charge >= 0.3 is 18.0 Å². The van der Waals surface area contributed by atoms with Crippen molar-refractivity contribution in [2.45, 2.75) is 12.7 Å². The number of ketones is 1. The van der Waals surface area contributed by atoms with Crippen LogP contribution < -0.4 is 10.6 Å². The number of halogens is 3. The van der Waals surface area contributed by atoms with E-state index < -0.39 is 23.6 Å². The van der Waals surface area contributed by atoms with E-state index >= 15 is 0 Å². The van der Waals surface area contributed by atoms with Crippen LogP contribution in [0.2, 0.25) is 0 Å². The van der Waals surface area contributed by atoms with Gasteiger partial charge in [0.25, 0.3) is 0 Å². The van der Waals surface area contributed by atoms with Crippen molar-refractivity contribution in [1.82, 2.24) is 5.32 Å². The van der Waals surface area contributed by atoms with Crippen LogP contribution in [0.1, 0.15) is 25.7 Å². The molecule has 1 aromatic heterocycles. The number of nitrogens with one attached hydrogen (secondary N) is 2. The standard InChI is InChI=1S/C21H15F3N2O3S/c22-21(23,24)14-7-4-8-15(11-14)26-20(29)19(28)25-12-16-9-10-17(30-16)18(27)13-5-2-1-3-6-13/h1-11H,12H2,(H,25,28)(H,26,29). The van der Waals surface area contributed by atoms with Crippen LogP contribution in [0.3, 0.4) is 0 Å². The van der Waals surface area contributed by atoms with Gasteiger partial charge in [0.15, 0.2) is 0 Å². The molecule has 0 radical (unpaired) electrons. The number of hydrogen-bond acceptors (Lipinski definition) is 4. The van der Waals surface area contributed by atoms with Gasteiger partial charge in [-0.2, -0.15) is 13.2 Å². The summed E-state index contributed by atoms with van der Waals surface area (Å²) in [5.41, 5.74) is -0.540. The Hall–Kier alpha value is -3.46. The van der Waals surface area contributed by atoms with Crippen molar-refractivity contribution in [1.29, 1.82) is 0 Å². The van der Waals surface area contributed by atoms with Crippen LogP contribution in [0, 0.1) is 0 Å². The third kappa shape index (κ3) is 5.32. The Morgan fingerprint density at radius 2 is 1.60 bits per heavy atom. The minimum absolute atomic E-state index is 0.00157. The molecule has 9 heteroatoms. The summed E-state index contributed by atoms with van der Waals surface area (Å²) in [5.74, 6) is -2.25. The minimum atomic E-state index is -4.56. The Balaban J connectivity index is 1.56. The van der Waals surface area contributed by atoms with Gasteiger partial charge in [-0.05, 0) is 30.3 Å². The molecule has 0 aliphatic heterocycles. The summed E-state index contributed by atoms with van der Waals surface area (Å²) in [5, 5.41) is 4.52. The second-order valence-corrected chi connectivity index (χ2v) is 7.34. The molecule has 0 atom stereocenters. The smallest absolute Gasteiger partial charge is 0.343 e. The fraction of sp³-hybridized carbons (Fsp3) is 0.0952. The highest BCUT2D eigenvalue weighted by Gasteiger charge is 2.30. The lowest BCUT2D eigenvalue weighted by atomic mass is 10.1. The summed E-state index contributed by atoms with van der Waals surface area (Å²) in [7, 11) is 0. The van der Waals surface area contributed by atoms with Crippen molar-refractivity contribution < 1.29 is 27.6 Å². The number of amides is 2. The lowest BCUT2D eigenvalue weighted by molar-refractivity contribution is -0.137. The van der Waals surface area contributed by atoms with E-state index in [0.29, 0.717) is 15.3 Å². The first kappa shape index (κ1) is 21.3. The van der Waals surface area contributed by atoms with Crippen molar-refractivity contribution in [3.8, 4) is 0 Å². The van der Waals surface area contributed by atoms with Crippen LogP contribution in [0.4, 0.5) is 18.9 Å². The fourth-order valence-corrected chi connectivity index (χ4v) is 3.45. The number of carbonyl (C=O) groups excluding carboxylic acids is 3. The lowest BCUT2D eigenvalue weighted by Gasteiger charge is -2.09. The summed E-state index contributed by atoms with van der Waals surface area (Å²) in [6.07, 6.45) is -4.56. The SMILES string of the molecule is O=C(NCc1ccc(C(=O)c2ccccc2)s1)C(=O)Nc1cccc(C(F)(F)F)c1. The largest absolute Gasteiger partial charge is 0.416 e. The quantitative estimate of drug-likeness (QED) is 0.468. The molecule has 0 aliphatic carbocycles. The van der Waals surface area contributed by atoms with Gasteiger partial charge in [0.2, 0.25) is 5.78 Å². The predicted molar refractivity (Wildman–Crippen MR) is 106 cm³/mol. The summed E-state index contributed by atoms with van der Waals surface area (Å²) >= 11 is 1.18. The van der Waals surface area contributed by atoms with Crippen LogP contribution >= 0.6 is 11.3 Å². The van der Waals surface area contributed by atoms with Crippen LogP contribution in [-0.4, -0.2) is 17.6 Å². The highest BCUT2D eigenvalue weighted by Crippen LogP contribution is 2.30. The first-order valence-corrected chi connectivity index (χ1v) is 9.50. The molecule has 0 unspecified atom stereocenters. The summed E-state index contributed by atoms with van der Waals surface area (Å²) in [4.78, 5) is 37.4. The molecule has 0 saturated carbocycles. The second kappa shape index (κ2) is 8.91. The van der Waals surface area contributed by atoms with E-state index in [-0.39, 0.29) is 18.0 Å². The summed E-state index contributed by atoms with van der Waals surface area (Å²) in [6, 6.07) is 16.0. The molecule has 1 heterocycles. The van der Waals surface area contributed by atoms with Gasteiger partial charge in [-0.1, -0.05) is 36.4 Å². The number of alkyl halides is 3. The Morgan fingerprint density at radius 3 is 2.30 bits per heavy atom. The van der Waals surface area contributed by atoms with Crippen molar-refractivity contribution in [2.24, 2.45) is 0 Å². The van der Waals surface area contributed by atoms with E-state index in [1.54, 1.807) is 42.5 Å². The highest BCUT2D eigenvalue weighted by molar-refractivity contribution is 7.14. The van der Waals surface area contributed by atoms with E-state index in [0.717, 1.165) is 18.2 Å². The zero-order chi connectivity index (χ0) is 21.7. The minimum Gasteiger partial charge on any atom is -0.343 e. The van der Waals surface area contributed by atoms with Crippen LogP contribution in [-0.2, 0) is 22.3 Å². The van der Waals surface area contributed by atoms with Crippen molar-refractivity contribution >= 4 is 34.6 Å². The average Bonchev–Trinajstić information content (AvgIpc) is 3.20. The molecule has 3 aromatic rings. The Bertz CT molecular complexity index is 1080. The Kier molecular flexibility index (Phi) is 6.31. The maximum absolute atomic E-state index is 12.7. The normalized spacial score (nSPS) is 11.0. The number of anilines is 1. The molecule has 2 aromatic carbocycles. The molecule has 2 N–H and O–H groups in total. The number of benzene rings is 2. The molecule has 0 spiro atoms. The fourth-order valence-electron chi connectivity index (χ4n) is 2.54. The molecule has 30 heavy (non-hydrogen) atoms. The van der Waals surface area contributed by atoms with Gasteiger partial charge in [0, 0.05) is 16.1 Å². The molecule has 0 saturated heterocycles. The third-order valence-electron chi connectivity index (χ3n) is 4.00. The predicted octanol–water partition coefficient (Wildman–Crippen LogP) is 4.25. The first-order valence-electron chi connectivity index (χ1n) is 8.69. The van der Waals surface area contributed by atoms with Crippen molar-refractivity contribution in [3.63, 3.8) is 0 Å². The first-order chi connectivity index (χ1) is 14.2. The molecule has 0 aliphatic rings. The molecule has 5 nitrogen and oxygen atoms in total. The third-order valence-corrected chi connectivity index (χ3v) is 5.08. The van der Waals surface area contributed by atoms with Gasteiger partial charge in [0.05, 0.1) is 17.0 Å². The number of thiophene rings is 1. The zero-order valence-corrected chi connectivity index (χ0v) is 16.1. The molecule has 0 fully saturated rings. The number of rotatable bonds is 5. The molecule has 2 amide bonds. The van der Waals surface area contributed by atoms with Gasteiger partial charge in [0.1, 0.15) is 0 Å². The average molecular weight is 432 g/mol. The van der Waals surface area contributed by atoms with Crippen LogP contribution in [0.5, 0.6) is 0 Å². The number of hydrogen-bond donors (Lipinski definition) is 2. The number of carbonyl (C=O) groups is 3. The second-order valence-electron chi connectivity index (χ2n) is 6.18. The van der Waals surface area contributed by atoms with E-state index in [9.17, 15) is 27.6 Å². The highest BCUT2D eigenvalue weighted by atomic mass is 32.1. The zero-order valence-electron chi connectivity index (χ0n) is 15.3. The van der Waals surface area contributed by atoms with Gasteiger partial charge < -0.3 is 10.6 Å².